The number of ether oxygens (including phenoxy) is 3. The van der Waals surface area contributed by atoms with E-state index in [2.05, 4.69) is 15.3 Å². The molecule has 0 aliphatic carbocycles. The molecule has 1 atom stereocenters. The quantitative estimate of drug-likeness (QED) is 0.578. The number of likely N-dealkylation sites (N-methyl/N-ethyl adjacent to an activating group) is 1. The summed E-state index contributed by atoms with van der Waals surface area (Å²) in [7, 11) is 1.76. The molecular weight excluding hydrogens is 417 g/mol. The third kappa shape index (κ3) is 6.99. The first-order chi connectivity index (χ1) is 15.6. The molecule has 1 aromatic carbocycles. The van der Waals surface area contributed by atoms with Crippen LogP contribution in [0.5, 0.6) is 5.75 Å². The molecule has 0 saturated carbocycles. The summed E-state index contributed by atoms with van der Waals surface area (Å²) in [6.07, 6.45) is 1.93. The Morgan fingerprint density at radius 2 is 1.91 bits per heavy atom. The van der Waals surface area contributed by atoms with Gasteiger partial charge in [0.05, 0.1) is 13.2 Å². The zero-order valence-corrected chi connectivity index (χ0v) is 18.4. The Labute approximate surface area is 187 Å². The second kappa shape index (κ2) is 12.5. The lowest BCUT2D eigenvalue weighted by atomic mass is 10.2. The molecule has 2 aliphatic rings. The van der Waals surface area contributed by atoms with Crippen molar-refractivity contribution in [2.75, 3.05) is 70.3 Å². The molecule has 2 aliphatic heterocycles. The van der Waals surface area contributed by atoms with Gasteiger partial charge in [-0.05, 0) is 32.0 Å². The molecule has 2 fully saturated rings. The van der Waals surface area contributed by atoms with Crippen molar-refractivity contribution in [3.63, 3.8) is 0 Å². The third-order valence-electron chi connectivity index (χ3n) is 4.97. The molecule has 0 radical (unpaired) electrons. The molecule has 3 heterocycles. The van der Waals surface area contributed by atoms with Gasteiger partial charge in [-0.25, -0.2) is 9.97 Å². The van der Waals surface area contributed by atoms with Gasteiger partial charge in [-0.2, -0.15) is 4.39 Å². The van der Waals surface area contributed by atoms with Gasteiger partial charge in [0.15, 0.2) is 17.5 Å². The van der Waals surface area contributed by atoms with Gasteiger partial charge in [-0.1, -0.05) is 12.1 Å². The summed E-state index contributed by atoms with van der Waals surface area (Å²) >= 11 is 0. The van der Waals surface area contributed by atoms with Crippen LogP contribution in [-0.4, -0.2) is 80.9 Å². The lowest BCUT2D eigenvalue weighted by Gasteiger charge is -2.28. The Morgan fingerprint density at radius 1 is 1.19 bits per heavy atom. The molecule has 2 aromatic rings. The van der Waals surface area contributed by atoms with Crippen molar-refractivity contribution in [3.05, 3.63) is 30.1 Å². The largest absolute Gasteiger partial charge is 0.491 e. The van der Waals surface area contributed by atoms with Crippen LogP contribution < -0.4 is 20.7 Å². The van der Waals surface area contributed by atoms with Gasteiger partial charge >= 0.3 is 0 Å². The van der Waals surface area contributed by atoms with Gasteiger partial charge in [-0.15, -0.1) is 0 Å². The Balaban J connectivity index is 0.000000509. The Kier molecular flexibility index (Phi) is 9.42. The van der Waals surface area contributed by atoms with Gasteiger partial charge in [0, 0.05) is 38.4 Å². The number of nitrogens with one attached hydrogen (secondary N) is 1. The maximum Gasteiger partial charge on any atom is 0.207 e. The van der Waals surface area contributed by atoms with Crippen molar-refractivity contribution in [1.29, 1.82) is 0 Å². The van der Waals surface area contributed by atoms with Crippen LogP contribution in [0.15, 0.2) is 24.3 Å². The van der Waals surface area contributed by atoms with Crippen molar-refractivity contribution in [3.8, 4) is 17.1 Å². The molecule has 1 aromatic heterocycles. The van der Waals surface area contributed by atoms with Crippen LogP contribution in [0.3, 0.4) is 0 Å². The van der Waals surface area contributed by atoms with Crippen LogP contribution >= 0.6 is 0 Å². The summed E-state index contributed by atoms with van der Waals surface area (Å²) in [5.74, 6) is 0.232. The fourth-order valence-electron chi connectivity index (χ4n) is 3.29. The zero-order chi connectivity index (χ0) is 22.8. The molecule has 2 saturated heterocycles. The topological polar surface area (TPSA) is 115 Å². The molecule has 4 rings (SSSR count). The molecular formula is C22H32FN5O4. The molecule has 9 nitrogen and oxygen atoms in total. The average molecular weight is 450 g/mol. The summed E-state index contributed by atoms with van der Waals surface area (Å²) in [5, 5.41) is 12.6. The fourth-order valence-corrected chi connectivity index (χ4v) is 3.29. The van der Waals surface area contributed by atoms with Crippen molar-refractivity contribution in [2.24, 2.45) is 0 Å². The maximum atomic E-state index is 14.5. The van der Waals surface area contributed by atoms with Crippen LogP contribution in [-0.2, 0) is 9.47 Å². The van der Waals surface area contributed by atoms with Crippen LogP contribution in [0.1, 0.15) is 12.8 Å². The highest BCUT2D eigenvalue weighted by molar-refractivity contribution is 5.63. The predicted molar refractivity (Wildman–Crippen MR) is 120 cm³/mol. The van der Waals surface area contributed by atoms with E-state index in [4.69, 9.17) is 19.9 Å². The number of anilines is 2. The smallest absolute Gasteiger partial charge is 0.207 e. The SMILES string of the molecule is C1CCOC1.CNCC(O)COc1cccc(-c2nc(N)c(F)c(N3CCOCC3)n2)c1. The predicted octanol–water partition coefficient (Wildman–Crippen LogP) is 1.46. The van der Waals surface area contributed by atoms with Gasteiger partial charge in [0.25, 0.3) is 0 Å². The number of rotatable bonds is 7. The molecule has 176 valence electrons. The zero-order valence-electron chi connectivity index (χ0n) is 18.4. The van der Waals surface area contributed by atoms with Crippen molar-refractivity contribution >= 4 is 11.6 Å². The molecule has 0 bridgehead atoms. The van der Waals surface area contributed by atoms with E-state index in [1.165, 1.54) is 12.8 Å². The number of benzene rings is 1. The monoisotopic (exact) mass is 449 g/mol. The number of nitrogen functional groups attached to an aromatic ring is 1. The van der Waals surface area contributed by atoms with E-state index in [1.807, 2.05) is 0 Å². The van der Waals surface area contributed by atoms with Crippen LogP contribution in [0.2, 0.25) is 0 Å². The highest BCUT2D eigenvalue weighted by Gasteiger charge is 2.21. The first-order valence-electron chi connectivity index (χ1n) is 10.9. The minimum Gasteiger partial charge on any atom is -0.491 e. The number of aliphatic hydroxyl groups is 1. The van der Waals surface area contributed by atoms with Crippen molar-refractivity contribution in [1.82, 2.24) is 15.3 Å². The van der Waals surface area contributed by atoms with E-state index < -0.39 is 11.9 Å². The Bertz CT molecular complexity index is 839. The number of nitrogens with two attached hydrogens (primary N) is 1. The highest BCUT2D eigenvalue weighted by atomic mass is 19.1. The highest BCUT2D eigenvalue weighted by Crippen LogP contribution is 2.27. The van der Waals surface area contributed by atoms with E-state index >= 15 is 0 Å². The standard InChI is InChI=1S/C18H24FN5O3.C4H8O/c1-21-10-13(25)11-27-14-4-2-3-12(9-14)17-22-16(20)15(19)18(23-17)24-5-7-26-8-6-24;1-2-4-5-3-1/h2-4,9,13,21,25H,5-8,10-11H2,1H3,(H2,20,22,23);1-4H2. The second-order valence-corrected chi connectivity index (χ2v) is 7.54. The van der Waals surface area contributed by atoms with Crippen LogP contribution in [0, 0.1) is 5.82 Å². The summed E-state index contributed by atoms with van der Waals surface area (Å²) < 4.78 is 30.3. The summed E-state index contributed by atoms with van der Waals surface area (Å²) in [4.78, 5) is 10.3. The van der Waals surface area contributed by atoms with Crippen LogP contribution in [0.25, 0.3) is 11.4 Å². The third-order valence-corrected chi connectivity index (χ3v) is 4.97. The van der Waals surface area contributed by atoms with Gasteiger partial charge in [0.2, 0.25) is 5.82 Å². The minimum absolute atomic E-state index is 0.149. The number of halogens is 1. The normalized spacial score (nSPS) is 16.9. The van der Waals surface area contributed by atoms with Gasteiger partial charge in [0.1, 0.15) is 18.5 Å². The van der Waals surface area contributed by atoms with E-state index in [1.54, 1.807) is 36.2 Å². The molecule has 4 N–H and O–H groups in total. The van der Waals surface area contributed by atoms with Gasteiger partial charge in [-0.3, -0.25) is 0 Å². The molecule has 32 heavy (non-hydrogen) atoms. The van der Waals surface area contributed by atoms with Gasteiger partial charge < -0.3 is 35.3 Å². The van der Waals surface area contributed by atoms with Crippen LogP contribution in [0.4, 0.5) is 16.0 Å². The van der Waals surface area contributed by atoms with E-state index in [0.29, 0.717) is 50.0 Å². The molecule has 0 amide bonds. The van der Waals surface area contributed by atoms with Crippen molar-refractivity contribution < 1.29 is 23.7 Å². The minimum atomic E-state index is -0.622. The maximum absolute atomic E-state index is 14.5. The summed E-state index contributed by atoms with van der Waals surface area (Å²) in [6.45, 7) is 4.68. The number of hydrogen-bond acceptors (Lipinski definition) is 9. The fraction of sp³-hybridized carbons (Fsp3) is 0.545. The lowest BCUT2D eigenvalue weighted by molar-refractivity contribution is 0.108. The lowest BCUT2D eigenvalue weighted by Crippen LogP contribution is -2.37. The number of aliphatic hydroxyl groups excluding tert-OH is 1. The molecule has 1 unspecified atom stereocenters. The van der Waals surface area contributed by atoms with E-state index in [9.17, 15) is 9.50 Å². The Hall–Kier alpha value is -2.53. The number of morpholine rings is 1. The van der Waals surface area contributed by atoms with Crippen molar-refractivity contribution in [2.45, 2.75) is 18.9 Å². The van der Waals surface area contributed by atoms with E-state index in [0.717, 1.165) is 13.2 Å². The summed E-state index contributed by atoms with van der Waals surface area (Å²) in [6, 6.07) is 7.09. The number of hydrogen-bond donors (Lipinski definition) is 3. The average Bonchev–Trinajstić information content (AvgIpc) is 3.41. The first-order valence-corrected chi connectivity index (χ1v) is 10.9. The Morgan fingerprint density at radius 3 is 2.56 bits per heavy atom. The summed E-state index contributed by atoms with van der Waals surface area (Å²) in [5.41, 5.74) is 6.43. The number of aromatic nitrogens is 2. The molecule has 10 heteroatoms. The second-order valence-electron chi connectivity index (χ2n) is 7.54. The first kappa shape index (κ1) is 24.1. The van der Waals surface area contributed by atoms with E-state index in [-0.39, 0.29) is 18.2 Å². The number of nitrogens with zero attached hydrogens (tertiary/aromatic N) is 3. The molecule has 0 spiro atoms.